The Morgan fingerprint density at radius 3 is 2.14 bits per heavy atom. The summed E-state index contributed by atoms with van der Waals surface area (Å²) in [6, 6.07) is 38.4. The molecule has 0 spiro atoms. The summed E-state index contributed by atoms with van der Waals surface area (Å²) in [5, 5.41) is 0. The predicted molar refractivity (Wildman–Crippen MR) is 192 cm³/mol. The van der Waals surface area contributed by atoms with Crippen molar-refractivity contribution < 1.29 is 0 Å². The highest BCUT2D eigenvalue weighted by Crippen LogP contribution is 2.53. The van der Waals surface area contributed by atoms with Crippen molar-refractivity contribution in [2.24, 2.45) is 0 Å². The molecular weight excluding hydrogens is 549 g/mol. The van der Waals surface area contributed by atoms with Gasteiger partial charge in [0, 0.05) is 27.1 Å². The Balaban J connectivity index is 1.55. The van der Waals surface area contributed by atoms with Crippen molar-refractivity contribution in [3.05, 3.63) is 155 Å². The van der Waals surface area contributed by atoms with E-state index in [4.69, 9.17) is 0 Å². The lowest BCUT2D eigenvalue weighted by Gasteiger charge is -2.42. The first-order valence-corrected chi connectivity index (χ1v) is 16.5. The quantitative estimate of drug-likeness (QED) is 0.188. The van der Waals surface area contributed by atoms with E-state index >= 15 is 0 Å². The number of anilines is 2. The standard InChI is InChI=1S/C41H38BNS/c1-27-15-6-9-18-32(27)34-20-14-22-36(31(34)5)42(35-21-11-8-17-29(35)3)43-37-23-12-13-24-38(37)44-39-26-25-30(4)40(41(39)43)33-19-10-7-16-28(33)2/h6-18,20-26,33H,19H2,1-5H3. The van der Waals surface area contributed by atoms with Gasteiger partial charge in [-0.05, 0) is 104 Å². The molecule has 0 saturated heterocycles. The molecule has 1 heterocycles. The summed E-state index contributed by atoms with van der Waals surface area (Å²) in [4.78, 5) is 5.33. The van der Waals surface area contributed by atoms with Crippen molar-refractivity contribution in [3.63, 3.8) is 0 Å². The average molecular weight is 588 g/mol. The molecule has 5 aromatic carbocycles. The molecule has 0 amide bonds. The summed E-state index contributed by atoms with van der Waals surface area (Å²) in [6.45, 7) is 11.4. The molecule has 1 unspecified atom stereocenters. The summed E-state index contributed by atoms with van der Waals surface area (Å²) >= 11 is 1.91. The first kappa shape index (κ1) is 28.6. The number of hydrogen-bond acceptors (Lipinski definition) is 2. The van der Waals surface area contributed by atoms with Crippen molar-refractivity contribution in [2.75, 3.05) is 4.81 Å². The van der Waals surface area contributed by atoms with Crippen LogP contribution in [0.25, 0.3) is 11.1 Å². The van der Waals surface area contributed by atoms with Crippen molar-refractivity contribution in [1.29, 1.82) is 0 Å². The summed E-state index contributed by atoms with van der Waals surface area (Å²) < 4.78 is 0. The number of aryl methyl sites for hydroxylation is 3. The summed E-state index contributed by atoms with van der Waals surface area (Å²) in [5.41, 5.74) is 16.1. The summed E-state index contributed by atoms with van der Waals surface area (Å²) in [6.07, 6.45) is 7.88. The van der Waals surface area contributed by atoms with Gasteiger partial charge in [-0.25, -0.2) is 0 Å². The summed E-state index contributed by atoms with van der Waals surface area (Å²) in [5.74, 6) is 0.347. The molecule has 0 fully saturated rings. The van der Waals surface area contributed by atoms with Gasteiger partial charge in [0.05, 0.1) is 0 Å². The van der Waals surface area contributed by atoms with Gasteiger partial charge < -0.3 is 4.81 Å². The minimum atomic E-state index is -0.00932. The van der Waals surface area contributed by atoms with Gasteiger partial charge in [-0.15, -0.1) is 0 Å². The topological polar surface area (TPSA) is 3.24 Å². The van der Waals surface area contributed by atoms with E-state index in [0.717, 1.165) is 6.42 Å². The molecule has 1 atom stereocenters. The van der Waals surface area contributed by atoms with Gasteiger partial charge in [-0.2, -0.15) is 0 Å². The molecule has 0 bridgehead atoms. The second-order valence-corrected chi connectivity index (χ2v) is 13.4. The molecule has 0 radical (unpaired) electrons. The molecule has 44 heavy (non-hydrogen) atoms. The maximum atomic E-state index is 2.70. The van der Waals surface area contributed by atoms with Crippen LogP contribution in [0.15, 0.2) is 137 Å². The largest absolute Gasteiger partial charge is 0.375 e. The van der Waals surface area contributed by atoms with Crippen LogP contribution >= 0.6 is 11.8 Å². The van der Waals surface area contributed by atoms with E-state index in [1.807, 2.05) is 11.8 Å². The number of rotatable bonds is 5. The van der Waals surface area contributed by atoms with Crippen LogP contribution in [0.2, 0.25) is 0 Å². The Morgan fingerprint density at radius 2 is 1.34 bits per heavy atom. The fourth-order valence-corrected chi connectivity index (χ4v) is 8.34. The van der Waals surface area contributed by atoms with Crippen LogP contribution < -0.4 is 15.7 Å². The second-order valence-electron chi connectivity index (χ2n) is 12.3. The average Bonchev–Trinajstić information content (AvgIpc) is 3.03. The van der Waals surface area contributed by atoms with E-state index in [1.165, 1.54) is 76.6 Å². The second kappa shape index (κ2) is 11.7. The first-order valence-electron chi connectivity index (χ1n) is 15.7. The maximum absolute atomic E-state index is 2.70. The number of nitrogens with zero attached hydrogens (tertiary/aromatic N) is 1. The van der Waals surface area contributed by atoms with E-state index in [2.05, 4.69) is 161 Å². The smallest absolute Gasteiger partial charge is 0.328 e. The highest BCUT2D eigenvalue weighted by Gasteiger charge is 2.39. The molecule has 1 nitrogen and oxygen atoms in total. The fourth-order valence-electron chi connectivity index (χ4n) is 7.25. The van der Waals surface area contributed by atoms with Gasteiger partial charge in [-0.1, -0.05) is 126 Å². The molecular formula is C41H38BNS. The van der Waals surface area contributed by atoms with Gasteiger partial charge in [0.2, 0.25) is 0 Å². The Morgan fingerprint density at radius 1 is 0.636 bits per heavy atom. The Bertz CT molecular complexity index is 1950. The monoisotopic (exact) mass is 587 g/mol. The zero-order valence-electron chi connectivity index (χ0n) is 26.3. The molecule has 216 valence electrons. The molecule has 3 heteroatoms. The molecule has 7 rings (SSSR count). The van der Waals surface area contributed by atoms with Gasteiger partial charge in [-0.3, -0.25) is 0 Å². The molecule has 1 aliphatic heterocycles. The molecule has 0 N–H and O–H groups in total. The van der Waals surface area contributed by atoms with Gasteiger partial charge >= 0.3 is 6.85 Å². The molecule has 0 aromatic heterocycles. The lowest BCUT2D eigenvalue weighted by Crippen LogP contribution is -2.57. The number of para-hydroxylation sites is 1. The van der Waals surface area contributed by atoms with Crippen LogP contribution in [0.4, 0.5) is 11.4 Å². The zero-order chi connectivity index (χ0) is 30.4. The Labute approximate surface area is 267 Å². The predicted octanol–water partition coefficient (Wildman–Crippen LogP) is 9.99. The Kier molecular flexibility index (Phi) is 7.60. The zero-order valence-corrected chi connectivity index (χ0v) is 27.1. The molecule has 0 saturated carbocycles. The van der Waals surface area contributed by atoms with Crippen molar-refractivity contribution in [1.82, 2.24) is 0 Å². The number of hydrogen-bond donors (Lipinski definition) is 0. The fraction of sp³-hybridized carbons (Fsp3) is 0.171. The third-order valence-corrected chi connectivity index (χ3v) is 10.7. The van der Waals surface area contributed by atoms with E-state index in [1.54, 1.807) is 0 Å². The SMILES string of the molecule is CC1=CC=CCC1c1c(C)ccc2c1N(B(c1ccccc1C)c1cccc(-c3ccccc3C)c1C)c1ccccc1S2. The first-order chi connectivity index (χ1) is 21.4. The van der Waals surface area contributed by atoms with Gasteiger partial charge in [0.1, 0.15) is 0 Å². The molecule has 2 aliphatic rings. The lowest BCUT2D eigenvalue weighted by atomic mass is 9.46. The normalized spacial score (nSPS) is 15.4. The highest BCUT2D eigenvalue weighted by atomic mass is 32.2. The molecule has 5 aromatic rings. The Hall–Kier alpha value is -4.21. The summed E-state index contributed by atoms with van der Waals surface area (Å²) in [7, 11) is 0. The van der Waals surface area contributed by atoms with Crippen LogP contribution in [-0.4, -0.2) is 6.85 Å². The number of benzene rings is 5. The van der Waals surface area contributed by atoms with Crippen LogP contribution in [0, 0.1) is 27.7 Å². The minimum absolute atomic E-state index is 0.00932. The molecule has 1 aliphatic carbocycles. The van der Waals surface area contributed by atoms with Crippen LogP contribution in [-0.2, 0) is 0 Å². The van der Waals surface area contributed by atoms with Crippen molar-refractivity contribution >= 4 is 40.9 Å². The number of fused-ring (bicyclic) bond motifs is 2. The van der Waals surface area contributed by atoms with Crippen LogP contribution in [0.3, 0.4) is 0 Å². The van der Waals surface area contributed by atoms with Crippen LogP contribution in [0.5, 0.6) is 0 Å². The van der Waals surface area contributed by atoms with Gasteiger partial charge in [0.25, 0.3) is 0 Å². The lowest BCUT2D eigenvalue weighted by molar-refractivity contribution is 0.787. The van der Waals surface area contributed by atoms with E-state index in [9.17, 15) is 0 Å². The van der Waals surface area contributed by atoms with E-state index in [-0.39, 0.29) is 6.85 Å². The van der Waals surface area contributed by atoms with Crippen molar-refractivity contribution in [2.45, 2.75) is 56.7 Å². The minimum Gasteiger partial charge on any atom is -0.375 e. The van der Waals surface area contributed by atoms with Gasteiger partial charge in [0.15, 0.2) is 0 Å². The van der Waals surface area contributed by atoms with Crippen LogP contribution in [0.1, 0.15) is 47.1 Å². The number of allylic oxidation sites excluding steroid dienone is 4. The van der Waals surface area contributed by atoms with E-state index in [0.29, 0.717) is 5.92 Å². The highest BCUT2D eigenvalue weighted by molar-refractivity contribution is 7.99. The maximum Gasteiger partial charge on any atom is 0.328 e. The van der Waals surface area contributed by atoms with E-state index < -0.39 is 0 Å². The third kappa shape index (κ3) is 4.84. The third-order valence-electron chi connectivity index (χ3n) is 9.60. The van der Waals surface area contributed by atoms with Crippen molar-refractivity contribution in [3.8, 4) is 11.1 Å².